The second-order valence-electron chi connectivity index (χ2n) is 9.95. The summed E-state index contributed by atoms with van der Waals surface area (Å²) in [6, 6.07) is 0. The van der Waals surface area contributed by atoms with E-state index < -0.39 is 16.5 Å². The predicted octanol–water partition coefficient (Wildman–Crippen LogP) is 3.31. The van der Waals surface area contributed by atoms with Crippen LogP contribution < -0.4 is 0 Å². The van der Waals surface area contributed by atoms with E-state index in [0.717, 1.165) is 38.5 Å². The molecule has 0 heterocycles. The van der Waals surface area contributed by atoms with Crippen molar-refractivity contribution in [2.45, 2.75) is 71.3 Å². The molecule has 0 aliphatic heterocycles. The zero-order valence-corrected chi connectivity index (χ0v) is 17.6. The zero-order chi connectivity index (χ0) is 20.3. The number of fused-ring (bicyclic) bond motifs is 5. The average molecular weight is 413 g/mol. The molecule has 0 radical (unpaired) electrons. The predicted molar refractivity (Wildman–Crippen MR) is 104 cm³/mol. The van der Waals surface area contributed by atoms with Crippen LogP contribution in [0.3, 0.4) is 0 Å². The number of hydrogen-bond acceptors (Lipinski definition) is 5. The van der Waals surface area contributed by atoms with Gasteiger partial charge in [0.25, 0.3) is 0 Å². The molecular weight excluding hydrogens is 380 g/mol. The van der Waals surface area contributed by atoms with Crippen LogP contribution in [0.4, 0.5) is 0 Å². The van der Waals surface area contributed by atoms with E-state index in [0.29, 0.717) is 30.6 Å². The summed E-state index contributed by atoms with van der Waals surface area (Å²) in [5.74, 6) is 1.58. The number of hydrogen-bond donors (Lipinski definition) is 2. The van der Waals surface area contributed by atoms with E-state index in [1.165, 1.54) is 5.57 Å². The number of allylic oxidation sites excluding steroid dienone is 1. The molecule has 6 nitrogen and oxygen atoms in total. The molecule has 158 valence electrons. The van der Waals surface area contributed by atoms with Crippen LogP contribution in [-0.2, 0) is 19.4 Å². The van der Waals surface area contributed by atoms with Gasteiger partial charge in [0, 0.05) is 5.92 Å². The van der Waals surface area contributed by atoms with Gasteiger partial charge in [0.1, 0.15) is 6.61 Å². The first kappa shape index (κ1) is 20.5. The molecule has 0 bridgehead atoms. The highest BCUT2D eigenvalue weighted by Gasteiger charge is 2.59. The largest absolute Gasteiger partial charge is 0.397 e. The highest BCUT2D eigenvalue weighted by molar-refractivity contribution is 7.80. The van der Waals surface area contributed by atoms with Gasteiger partial charge in [-0.3, -0.25) is 9.35 Å². The Morgan fingerprint density at radius 2 is 1.93 bits per heavy atom. The number of aliphatic hydroxyl groups excluding tert-OH is 1. The molecule has 1 unspecified atom stereocenters. The van der Waals surface area contributed by atoms with Crippen molar-refractivity contribution in [3.63, 3.8) is 0 Å². The normalized spacial score (nSPS) is 45.6. The molecule has 7 atom stereocenters. The minimum Gasteiger partial charge on any atom is -0.389 e. The minimum atomic E-state index is -4.42. The monoisotopic (exact) mass is 412 g/mol. The molecule has 3 saturated carbocycles. The Labute approximate surface area is 167 Å². The van der Waals surface area contributed by atoms with Crippen LogP contribution in [0.1, 0.15) is 65.2 Å². The third-order valence-corrected chi connectivity index (χ3v) is 9.38. The summed E-state index contributed by atoms with van der Waals surface area (Å²) in [5.41, 5.74) is 1.31. The molecule has 0 amide bonds. The number of rotatable bonds is 4. The second-order valence-corrected chi connectivity index (χ2v) is 11.0. The van der Waals surface area contributed by atoms with E-state index >= 15 is 0 Å². The highest BCUT2D eigenvalue weighted by atomic mass is 32.3. The molecule has 3 fully saturated rings. The standard InChI is InChI=1S/C21H32O6S/c1-20-9-7-14(27-28(24,25)26)11-13(20)3-4-15-16-5-6-18(19(23)12-22)21(16,2)10-8-17(15)20/h3,14-18,22H,4-12H2,1-2H3,(H,24,25,26)/t14?,15-,16-,17-,18+,20-,21-/m0/s1. The SMILES string of the molecule is C[C@]12CC[C@H]3[C@@H](CC=C4CC(OS(=O)(=O)O)CC[C@@]43C)[C@@H]1CC[C@@H]2C(=O)CO. The van der Waals surface area contributed by atoms with Gasteiger partial charge in [0.05, 0.1) is 6.10 Å². The lowest BCUT2D eigenvalue weighted by Crippen LogP contribution is -2.51. The van der Waals surface area contributed by atoms with Gasteiger partial charge in [0.15, 0.2) is 5.78 Å². The molecule has 0 aromatic rings. The average Bonchev–Trinajstić information content (AvgIpc) is 2.97. The van der Waals surface area contributed by atoms with Crippen LogP contribution in [0.2, 0.25) is 0 Å². The fourth-order valence-electron chi connectivity index (χ4n) is 7.52. The Morgan fingerprint density at radius 3 is 2.61 bits per heavy atom. The van der Waals surface area contributed by atoms with Gasteiger partial charge in [-0.15, -0.1) is 0 Å². The van der Waals surface area contributed by atoms with Crippen LogP contribution in [0.5, 0.6) is 0 Å². The van der Waals surface area contributed by atoms with Crippen LogP contribution in [-0.4, -0.2) is 36.6 Å². The fourth-order valence-corrected chi connectivity index (χ4v) is 8.03. The highest BCUT2D eigenvalue weighted by Crippen LogP contribution is 2.66. The van der Waals surface area contributed by atoms with Gasteiger partial charge in [-0.1, -0.05) is 25.5 Å². The van der Waals surface area contributed by atoms with Crippen molar-refractivity contribution in [2.75, 3.05) is 6.61 Å². The molecular formula is C21H32O6S. The smallest absolute Gasteiger partial charge is 0.389 e. The van der Waals surface area contributed by atoms with Crippen molar-refractivity contribution in [3.8, 4) is 0 Å². The maximum atomic E-state index is 12.3. The number of Topliss-reactive ketones (excluding diaryl/α,β-unsaturated/α-hetero) is 1. The van der Waals surface area contributed by atoms with Gasteiger partial charge in [-0.2, -0.15) is 8.42 Å². The third-order valence-electron chi connectivity index (χ3n) is 8.86. The number of carbonyl (C=O) groups is 1. The van der Waals surface area contributed by atoms with E-state index in [1.807, 2.05) is 0 Å². The Balaban J connectivity index is 1.57. The molecule has 0 spiro atoms. The first-order valence-electron chi connectivity index (χ1n) is 10.6. The lowest BCUT2D eigenvalue weighted by molar-refractivity contribution is -0.132. The van der Waals surface area contributed by atoms with Crippen LogP contribution in [0.15, 0.2) is 11.6 Å². The summed E-state index contributed by atoms with van der Waals surface area (Å²) in [7, 11) is -4.42. The Hall–Kier alpha value is -0.760. The van der Waals surface area contributed by atoms with Crippen molar-refractivity contribution in [1.82, 2.24) is 0 Å². The first-order valence-corrected chi connectivity index (χ1v) is 11.9. The number of aliphatic hydroxyl groups is 1. The Morgan fingerprint density at radius 1 is 1.18 bits per heavy atom. The van der Waals surface area contributed by atoms with E-state index in [1.54, 1.807) is 0 Å². The van der Waals surface area contributed by atoms with Crippen LogP contribution >= 0.6 is 0 Å². The third kappa shape index (κ3) is 3.18. The molecule has 0 aromatic carbocycles. The quantitative estimate of drug-likeness (QED) is 0.543. The molecule has 0 saturated heterocycles. The number of ketones is 1. The molecule has 0 aromatic heterocycles. The minimum absolute atomic E-state index is 0.00423. The molecule has 4 aliphatic carbocycles. The van der Waals surface area contributed by atoms with Crippen molar-refractivity contribution in [1.29, 1.82) is 0 Å². The molecule has 28 heavy (non-hydrogen) atoms. The Kier molecular flexibility index (Phi) is 5.05. The Bertz CT molecular complexity index is 789. The first-order chi connectivity index (χ1) is 13.1. The topological polar surface area (TPSA) is 101 Å². The molecule has 4 rings (SSSR count). The molecule has 4 aliphatic rings. The lowest BCUT2D eigenvalue weighted by Gasteiger charge is -2.58. The lowest BCUT2D eigenvalue weighted by atomic mass is 9.47. The van der Waals surface area contributed by atoms with Crippen molar-refractivity contribution >= 4 is 16.2 Å². The van der Waals surface area contributed by atoms with Gasteiger partial charge in [0.2, 0.25) is 0 Å². The maximum Gasteiger partial charge on any atom is 0.397 e. The summed E-state index contributed by atoms with van der Waals surface area (Å²) in [6.07, 6.45) is 8.87. The van der Waals surface area contributed by atoms with Gasteiger partial charge < -0.3 is 5.11 Å². The van der Waals surface area contributed by atoms with E-state index in [2.05, 4.69) is 19.9 Å². The van der Waals surface area contributed by atoms with Gasteiger partial charge in [-0.25, -0.2) is 4.18 Å². The molecule has 2 N–H and O–H groups in total. The van der Waals surface area contributed by atoms with Crippen LogP contribution in [0, 0.1) is 34.5 Å². The summed E-state index contributed by atoms with van der Waals surface area (Å²) in [5, 5.41) is 9.40. The maximum absolute atomic E-state index is 12.3. The van der Waals surface area contributed by atoms with Gasteiger partial charge in [-0.05, 0) is 80.0 Å². The summed E-state index contributed by atoms with van der Waals surface area (Å²) < 4.78 is 36.1. The summed E-state index contributed by atoms with van der Waals surface area (Å²) in [6.45, 7) is 4.23. The van der Waals surface area contributed by atoms with Gasteiger partial charge >= 0.3 is 10.4 Å². The second kappa shape index (κ2) is 6.89. The fraction of sp³-hybridized carbons (Fsp3) is 0.857. The van der Waals surface area contributed by atoms with Crippen molar-refractivity contribution in [2.24, 2.45) is 34.5 Å². The van der Waals surface area contributed by atoms with Crippen LogP contribution in [0.25, 0.3) is 0 Å². The van der Waals surface area contributed by atoms with Crippen molar-refractivity contribution < 1.29 is 27.1 Å². The summed E-state index contributed by atoms with van der Waals surface area (Å²) >= 11 is 0. The number of carbonyl (C=O) groups excluding carboxylic acids is 1. The zero-order valence-electron chi connectivity index (χ0n) is 16.8. The van der Waals surface area contributed by atoms with E-state index in [4.69, 9.17) is 8.74 Å². The van der Waals surface area contributed by atoms with E-state index in [-0.39, 0.29) is 29.1 Å². The van der Waals surface area contributed by atoms with Crippen molar-refractivity contribution in [3.05, 3.63) is 11.6 Å². The van der Waals surface area contributed by atoms with E-state index in [9.17, 15) is 18.3 Å². The molecule has 7 heteroatoms. The summed E-state index contributed by atoms with van der Waals surface area (Å²) in [4.78, 5) is 12.3.